The van der Waals surface area contributed by atoms with E-state index < -0.39 is 0 Å². The van der Waals surface area contributed by atoms with Crippen molar-refractivity contribution in [3.8, 4) is 0 Å². The number of benzene rings is 1. The first-order valence-electron chi connectivity index (χ1n) is 8.32. The van der Waals surface area contributed by atoms with Crippen LogP contribution in [0.5, 0.6) is 0 Å². The highest BCUT2D eigenvalue weighted by molar-refractivity contribution is 14.0. The first kappa shape index (κ1) is 21.4. The smallest absolute Gasteiger partial charge is 0.246 e. The predicted molar refractivity (Wildman–Crippen MR) is 113 cm³/mol. The van der Waals surface area contributed by atoms with Crippen LogP contribution in [0.3, 0.4) is 0 Å². The fraction of sp³-hybridized carbons (Fsp3) is 0.412. The molecule has 0 aliphatic carbocycles. The molecular formula is C17H22ClIN6O2. The monoisotopic (exact) mass is 504 g/mol. The molecular weight excluding hydrogens is 483 g/mol. The number of guanidine groups is 1. The van der Waals surface area contributed by atoms with Gasteiger partial charge >= 0.3 is 0 Å². The maximum atomic E-state index is 12.5. The fourth-order valence-electron chi connectivity index (χ4n) is 2.77. The van der Waals surface area contributed by atoms with E-state index in [0.29, 0.717) is 48.9 Å². The SMILES string of the molecule is CN=C(NCc1nc(C)no1)N1CCN(Cc2ccc(Cl)cc2)C(=O)C1.I. The van der Waals surface area contributed by atoms with E-state index >= 15 is 0 Å². The Balaban J connectivity index is 0.00000261. The molecule has 1 amide bonds. The largest absolute Gasteiger partial charge is 0.347 e. The third-order valence-corrected chi connectivity index (χ3v) is 4.34. The number of nitrogens with one attached hydrogen (secondary N) is 1. The molecule has 0 unspecified atom stereocenters. The summed E-state index contributed by atoms with van der Waals surface area (Å²) in [5, 5.41) is 7.60. The fourth-order valence-corrected chi connectivity index (χ4v) is 2.89. The van der Waals surface area contributed by atoms with E-state index in [9.17, 15) is 4.79 Å². The number of halogens is 2. The number of carbonyl (C=O) groups is 1. The Labute approximate surface area is 180 Å². The van der Waals surface area contributed by atoms with Crippen molar-refractivity contribution in [2.75, 3.05) is 26.7 Å². The number of hydrogen-bond acceptors (Lipinski definition) is 5. The van der Waals surface area contributed by atoms with Crippen molar-refractivity contribution >= 4 is 47.4 Å². The number of aromatic nitrogens is 2. The molecule has 146 valence electrons. The molecule has 3 rings (SSSR count). The average Bonchev–Trinajstić information content (AvgIpc) is 3.05. The summed E-state index contributed by atoms with van der Waals surface area (Å²) in [6, 6.07) is 7.55. The van der Waals surface area contributed by atoms with Crippen LogP contribution in [-0.4, -0.2) is 58.5 Å². The molecule has 1 aliphatic heterocycles. The van der Waals surface area contributed by atoms with Gasteiger partial charge in [0.15, 0.2) is 11.8 Å². The zero-order valence-electron chi connectivity index (χ0n) is 15.2. The van der Waals surface area contributed by atoms with Gasteiger partial charge in [-0.1, -0.05) is 28.9 Å². The van der Waals surface area contributed by atoms with Gasteiger partial charge in [-0.25, -0.2) is 0 Å². The van der Waals surface area contributed by atoms with Crippen molar-refractivity contribution in [1.29, 1.82) is 0 Å². The van der Waals surface area contributed by atoms with Crippen LogP contribution in [0.2, 0.25) is 5.02 Å². The van der Waals surface area contributed by atoms with Gasteiger partial charge in [0.1, 0.15) is 0 Å². The molecule has 1 saturated heterocycles. The lowest BCUT2D eigenvalue weighted by Gasteiger charge is -2.36. The number of aliphatic imine (C=N–C) groups is 1. The standard InChI is InChI=1S/C17H21ClN6O2.HI/c1-12-21-15(26-22-12)9-20-17(19-2)24-8-7-23(16(25)11-24)10-13-3-5-14(18)6-4-13;/h3-6H,7-11H2,1-2H3,(H,19,20);1H. The van der Waals surface area contributed by atoms with Crippen molar-refractivity contribution in [2.45, 2.75) is 20.0 Å². The molecule has 0 bridgehead atoms. The molecule has 1 fully saturated rings. The van der Waals surface area contributed by atoms with Crippen LogP contribution in [0, 0.1) is 6.92 Å². The summed E-state index contributed by atoms with van der Waals surface area (Å²) in [7, 11) is 1.69. The van der Waals surface area contributed by atoms with Gasteiger partial charge in [0.05, 0.1) is 13.1 Å². The summed E-state index contributed by atoms with van der Waals surface area (Å²) in [6.45, 7) is 4.31. The minimum atomic E-state index is 0. The van der Waals surface area contributed by atoms with E-state index in [1.54, 1.807) is 14.0 Å². The van der Waals surface area contributed by atoms with E-state index in [1.165, 1.54) is 0 Å². The second-order valence-electron chi connectivity index (χ2n) is 6.00. The van der Waals surface area contributed by atoms with Crippen molar-refractivity contribution in [3.63, 3.8) is 0 Å². The predicted octanol–water partition coefficient (Wildman–Crippen LogP) is 2.07. The number of nitrogens with zero attached hydrogens (tertiary/aromatic N) is 5. The molecule has 0 radical (unpaired) electrons. The number of aryl methyl sites for hydroxylation is 1. The zero-order valence-corrected chi connectivity index (χ0v) is 18.3. The number of rotatable bonds is 4. The number of piperazine rings is 1. The Hall–Kier alpha value is -1.88. The maximum Gasteiger partial charge on any atom is 0.246 e. The van der Waals surface area contributed by atoms with Crippen LogP contribution >= 0.6 is 35.6 Å². The van der Waals surface area contributed by atoms with Crippen LogP contribution in [0.25, 0.3) is 0 Å². The van der Waals surface area contributed by atoms with Gasteiger partial charge in [0.25, 0.3) is 0 Å². The third kappa shape index (κ3) is 5.80. The first-order chi connectivity index (χ1) is 12.5. The molecule has 1 N–H and O–H groups in total. The van der Waals surface area contributed by atoms with E-state index in [1.807, 2.05) is 34.1 Å². The molecule has 2 heterocycles. The minimum absolute atomic E-state index is 0. The van der Waals surface area contributed by atoms with Crippen molar-refractivity contribution in [1.82, 2.24) is 25.3 Å². The quantitative estimate of drug-likeness (QED) is 0.390. The van der Waals surface area contributed by atoms with Gasteiger partial charge in [-0.2, -0.15) is 4.98 Å². The van der Waals surface area contributed by atoms with Gasteiger partial charge in [0, 0.05) is 31.7 Å². The van der Waals surface area contributed by atoms with Gasteiger partial charge in [-0.15, -0.1) is 24.0 Å². The average molecular weight is 505 g/mol. The highest BCUT2D eigenvalue weighted by Crippen LogP contribution is 2.13. The lowest BCUT2D eigenvalue weighted by Crippen LogP contribution is -2.54. The normalized spacial score (nSPS) is 14.9. The highest BCUT2D eigenvalue weighted by atomic mass is 127. The molecule has 0 spiro atoms. The van der Waals surface area contributed by atoms with Crippen LogP contribution in [-0.2, 0) is 17.9 Å². The van der Waals surface area contributed by atoms with Gasteiger partial charge < -0.3 is 19.6 Å². The molecule has 0 saturated carbocycles. The van der Waals surface area contributed by atoms with Gasteiger partial charge in [0.2, 0.25) is 11.8 Å². The van der Waals surface area contributed by atoms with E-state index in [-0.39, 0.29) is 36.4 Å². The number of carbonyl (C=O) groups excluding carboxylic acids is 1. The molecule has 8 nitrogen and oxygen atoms in total. The van der Waals surface area contributed by atoms with Crippen LogP contribution in [0.4, 0.5) is 0 Å². The van der Waals surface area contributed by atoms with E-state index in [0.717, 1.165) is 5.56 Å². The van der Waals surface area contributed by atoms with Crippen molar-refractivity contribution in [3.05, 3.63) is 46.6 Å². The molecule has 2 aromatic rings. The highest BCUT2D eigenvalue weighted by Gasteiger charge is 2.26. The van der Waals surface area contributed by atoms with E-state index in [2.05, 4.69) is 20.4 Å². The molecule has 10 heteroatoms. The van der Waals surface area contributed by atoms with Crippen LogP contribution in [0.1, 0.15) is 17.3 Å². The lowest BCUT2D eigenvalue weighted by atomic mass is 10.2. The minimum Gasteiger partial charge on any atom is -0.347 e. The van der Waals surface area contributed by atoms with Gasteiger partial charge in [-0.05, 0) is 24.6 Å². The second kappa shape index (κ2) is 9.88. The van der Waals surface area contributed by atoms with Crippen molar-refractivity contribution in [2.24, 2.45) is 4.99 Å². The molecule has 1 aliphatic rings. The number of hydrogen-bond donors (Lipinski definition) is 1. The second-order valence-corrected chi connectivity index (χ2v) is 6.44. The summed E-state index contributed by atoms with van der Waals surface area (Å²) in [5.41, 5.74) is 1.06. The Morgan fingerprint density at radius 3 is 2.67 bits per heavy atom. The Kier molecular flexibility index (Phi) is 7.84. The summed E-state index contributed by atoms with van der Waals surface area (Å²) >= 11 is 5.91. The maximum absolute atomic E-state index is 12.5. The summed E-state index contributed by atoms with van der Waals surface area (Å²) in [5.74, 6) is 1.77. The Morgan fingerprint density at radius 2 is 2.07 bits per heavy atom. The first-order valence-corrected chi connectivity index (χ1v) is 8.70. The van der Waals surface area contributed by atoms with Gasteiger partial charge in [-0.3, -0.25) is 9.79 Å². The molecule has 27 heavy (non-hydrogen) atoms. The van der Waals surface area contributed by atoms with E-state index in [4.69, 9.17) is 16.1 Å². The summed E-state index contributed by atoms with van der Waals surface area (Å²) < 4.78 is 5.08. The van der Waals surface area contributed by atoms with Crippen LogP contribution in [0.15, 0.2) is 33.8 Å². The zero-order chi connectivity index (χ0) is 18.5. The van der Waals surface area contributed by atoms with Crippen molar-refractivity contribution < 1.29 is 9.32 Å². The lowest BCUT2D eigenvalue weighted by molar-refractivity contribution is -0.135. The Bertz CT molecular complexity index is 795. The summed E-state index contributed by atoms with van der Waals surface area (Å²) in [6.07, 6.45) is 0. The number of amides is 1. The molecule has 1 aromatic heterocycles. The third-order valence-electron chi connectivity index (χ3n) is 4.08. The van der Waals surface area contributed by atoms with Crippen LogP contribution < -0.4 is 5.32 Å². The Morgan fingerprint density at radius 1 is 1.33 bits per heavy atom. The molecule has 1 aromatic carbocycles. The molecule has 0 atom stereocenters. The topological polar surface area (TPSA) is 86.9 Å². The summed E-state index contributed by atoms with van der Waals surface area (Å²) in [4.78, 5) is 24.7.